The van der Waals surface area contributed by atoms with Crippen LogP contribution in [0.5, 0.6) is 0 Å². The minimum atomic E-state index is -0.479. The Hall–Kier alpha value is -3.15. The Kier molecular flexibility index (Phi) is 5.46. The highest BCUT2D eigenvalue weighted by atomic mass is 16.5. The maximum Gasteiger partial charge on any atom is 0.337 e. The van der Waals surface area contributed by atoms with Gasteiger partial charge >= 0.3 is 5.97 Å². The molecule has 0 aromatic heterocycles. The SMILES string of the molecule is COC(=O)c1ccc(C(=O)NNC(=O)Cc2ccccc2)cc1. The zero-order valence-electron chi connectivity index (χ0n) is 12.5. The number of methoxy groups -OCH3 is 1. The summed E-state index contributed by atoms with van der Waals surface area (Å²) in [5.41, 5.74) is 6.19. The van der Waals surface area contributed by atoms with E-state index in [4.69, 9.17) is 0 Å². The third kappa shape index (κ3) is 4.67. The lowest BCUT2D eigenvalue weighted by atomic mass is 10.1. The molecule has 0 fully saturated rings. The van der Waals surface area contributed by atoms with Gasteiger partial charge < -0.3 is 4.74 Å². The number of hydrogen-bond donors (Lipinski definition) is 2. The van der Waals surface area contributed by atoms with Gasteiger partial charge in [0.25, 0.3) is 5.91 Å². The van der Waals surface area contributed by atoms with Crippen molar-refractivity contribution < 1.29 is 19.1 Å². The van der Waals surface area contributed by atoms with E-state index in [0.29, 0.717) is 11.1 Å². The molecule has 0 saturated carbocycles. The summed E-state index contributed by atoms with van der Waals surface area (Å²) in [6.45, 7) is 0. The second kappa shape index (κ2) is 7.74. The highest BCUT2D eigenvalue weighted by molar-refractivity contribution is 5.97. The summed E-state index contributed by atoms with van der Waals surface area (Å²) in [5.74, 6) is -1.27. The number of carbonyl (C=O) groups excluding carboxylic acids is 3. The van der Waals surface area contributed by atoms with E-state index in [-0.39, 0.29) is 12.3 Å². The highest BCUT2D eigenvalue weighted by Crippen LogP contribution is 2.05. The van der Waals surface area contributed by atoms with E-state index in [1.807, 2.05) is 30.3 Å². The van der Waals surface area contributed by atoms with Gasteiger partial charge in [-0.2, -0.15) is 0 Å². The highest BCUT2D eigenvalue weighted by Gasteiger charge is 2.10. The Balaban J connectivity index is 1.87. The monoisotopic (exact) mass is 312 g/mol. The molecular formula is C17H16N2O4. The van der Waals surface area contributed by atoms with Crippen molar-refractivity contribution in [3.63, 3.8) is 0 Å². The third-order valence-electron chi connectivity index (χ3n) is 3.09. The summed E-state index contributed by atoms with van der Waals surface area (Å²) in [7, 11) is 1.28. The largest absolute Gasteiger partial charge is 0.465 e. The Morgan fingerprint density at radius 3 is 2.09 bits per heavy atom. The first kappa shape index (κ1) is 16.2. The Labute approximate surface area is 133 Å². The number of hydrazine groups is 1. The van der Waals surface area contributed by atoms with Gasteiger partial charge in [0.05, 0.1) is 19.1 Å². The fourth-order valence-electron chi connectivity index (χ4n) is 1.90. The molecule has 0 radical (unpaired) electrons. The molecule has 2 aromatic carbocycles. The van der Waals surface area contributed by atoms with Gasteiger partial charge in [0.15, 0.2) is 0 Å². The number of rotatable bonds is 4. The molecule has 0 saturated heterocycles. The van der Waals surface area contributed by atoms with Crippen molar-refractivity contribution in [3.8, 4) is 0 Å². The van der Waals surface area contributed by atoms with E-state index in [0.717, 1.165) is 5.56 Å². The number of esters is 1. The molecule has 0 atom stereocenters. The lowest BCUT2D eigenvalue weighted by Gasteiger charge is -2.08. The quantitative estimate of drug-likeness (QED) is 0.661. The van der Waals surface area contributed by atoms with Crippen molar-refractivity contribution >= 4 is 17.8 Å². The van der Waals surface area contributed by atoms with E-state index < -0.39 is 11.9 Å². The van der Waals surface area contributed by atoms with Gasteiger partial charge in [0.1, 0.15) is 0 Å². The minimum Gasteiger partial charge on any atom is -0.465 e. The van der Waals surface area contributed by atoms with Gasteiger partial charge in [0, 0.05) is 5.56 Å². The Bertz CT molecular complexity index is 696. The van der Waals surface area contributed by atoms with Crippen LogP contribution in [0.25, 0.3) is 0 Å². The molecule has 2 rings (SSSR count). The van der Waals surface area contributed by atoms with Gasteiger partial charge in [-0.1, -0.05) is 30.3 Å². The fraction of sp³-hybridized carbons (Fsp3) is 0.118. The lowest BCUT2D eigenvalue weighted by molar-refractivity contribution is -0.121. The van der Waals surface area contributed by atoms with Gasteiger partial charge in [-0.25, -0.2) is 4.79 Å². The maximum atomic E-state index is 11.9. The van der Waals surface area contributed by atoms with Crippen LogP contribution in [0.4, 0.5) is 0 Å². The van der Waals surface area contributed by atoms with Crippen molar-refractivity contribution in [2.24, 2.45) is 0 Å². The van der Waals surface area contributed by atoms with E-state index >= 15 is 0 Å². The summed E-state index contributed by atoms with van der Waals surface area (Å²) in [6, 6.07) is 15.1. The Morgan fingerprint density at radius 1 is 0.870 bits per heavy atom. The first-order valence-corrected chi connectivity index (χ1v) is 6.91. The summed E-state index contributed by atoms with van der Waals surface area (Å²) in [6.07, 6.45) is 0.169. The molecule has 6 heteroatoms. The van der Waals surface area contributed by atoms with Gasteiger partial charge in [-0.15, -0.1) is 0 Å². The van der Waals surface area contributed by atoms with E-state index in [1.165, 1.54) is 31.4 Å². The number of benzene rings is 2. The van der Waals surface area contributed by atoms with Crippen molar-refractivity contribution in [3.05, 3.63) is 71.3 Å². The van der Waals surface area contributed by atoms with Crippen LogP contribution in [0.15, 0.2) is 54.6 Å². The van der Waals surface area contributed by atoms with Crippen molar-refractivity contribution in [2.75, 3.05) is 7.11 Å². The standard InChI is InChI=1S/C17H16N2O4/c1-23-17(22)14-9-7-13(8-10-14)16(21)19-18-15(20)11-12-5-3-2-4-6-12/h2-10H,11H2,1H3,(H,18,20)(H,19,21). The first-order valence-electron chi connectivity index (χ1n) is 6.91. The number of carbonyl (C=O) groups is 3. The molecule has 118 valence electrons. The second-order valence-corrected chi connectivity index (χ2v) is 4.73. The van der Waals surface area contributed by atoms with Crippen LogP contribution < -0.4 is 10.9 Å². The molecule has 0 aliphatic heterocycles. The van der Waals surface area contributed by atoms with Crippen LogP contribution >= 0.6 is 0 Å². The average molecular weight is 312 g/mol. The zero-order valence-corrected chi connectivity index (χ0v) is 12.5. The van der Waals surface area contributed by atoms with Crippen molar-refractivity contribution in [1.29, 1.82) is 0 Å². The predicted octanol–water partition coefficient (Wildman–Crippen LogP) is 1.48. The second-order valence-electron chi connectivity index (χ2n) is 4.73. The van der Waals surface area contributed by atoms with Crippen molar-refractivity contribution in [1.82, 2.24) is 10.9 Å². The minimum absolute atomic E-state index is 0.169. The maximum absolute atomic E-state index is 11.9. The van der Waals surface area contributed by atoms with Gasteiger partial charge in [-0.05, 0) is 29.8 Å². The fourth-order valence-corrected chi connectivity index (χ4v) is 1.90. The molecule has 0 spiro atoms. The number of ether oxygens (including phenoxy) is 1. The molecule has 0 bridgehead atoms. The zero-order chi connectivity index (χ0) is 16.7. The van der Waals surface area contributed by atoms with Crippen LogP contribution in [-0.4, -0.2) is 24.9 Å². The smallest absolute Gasteiger partial charge is 0.337 e. The van der Waals surface area contributed by atoms with Crippen LogP contribution in [0.2, 0.25) is 0 Å². The molecule has 0 aliphatic carbocycles. The lowest BCUT2D eigenvalue weighted by Crippen LogP contribution is -2.42. The number of nitrogens with one attached hydrogen (secondary N) is 2. The average Bonchev–Trinajstić information content (AvgIpc) is 2.60. The van der Waals surface area contributed by atoms with Gasteiger partial charge in [0.2, 0.25) is 5.91 Å². The van der Waals surface area contributed by atoms with Crippen molar-refractivity contribution in [2.45, 2.75) is 6.42 Å². The van der Waals surface area contributed by atoms with E-state index in [2.05, 4.69) is 15.6 Å². The Morgan fingerprint density at radius 2 is 1.48 bits per heavy atom. The molecule has 2 amide bonds. The van der Waals surface area contributed by atoms with E-state index in [9.17, 15) is 14.4 Å². The molecule has 6 nitrogen and oxygen atoms in total. The molecule has 0 aliphatic rings. The predicted molar refractivity (Wildman–Crippen MR) is 83.5 cm³/mol. The first-order chi connectivity index (χ1) is 11.1. The summed E-state index contributed by atoms with van der Waals surface area (Å²) in [4.78, 5) is 35.0. The topological polar surface area (TPSA) is 84.5 Å². The van der Waals surface area contributed by atoms with Gasteiger partial charge in [-0.3, -0.25) is 20.4 Å². The normalized spacial score (nSPS) is 9.78. The summed E-state index contributed by atoms with van der Waals surface area (Å²) >= 11 is 0. The summed E-state index contributed by atoms with van der Waals surface area (Å²) < 4.78 is 4.58. The summed E-state index contributed by atoms with van der Waals surface area (Å²) in [5, 5.41) is 0. The van der Waals surface area contributed by atoms with E-state index in [1.54, 1.807) is 0 Å². The third-order valence-corrected chi connectivity index (χ3v) is 3.09. The van der Waals surface area contributed by atoms with Crippen LogP contribution in [0.1, 0.15) is 26.3 Å². The van der Waals surface area contributed by atoms with Crippen LogP contribution in [0, 0.1) is 0 Å². The molecule has 2 aromatic rings. The number of hydrogen-bond acceptors (Lipinski definition) is 4. The molecule has 0 unspecified atom stereocenters. The molecular weight excluding hydrogens is 296 g/mol. The molecule has 2 N–H and O–H groups in total. The molecule has 23 heavy (non-hydrogen) atoms. The number of amides is 2. The van der Waals surface area contributed by atoms with Crippen LogP contribution in [-0.2, 0) is 16.0 Å². The molecule has 0 heterocycles. The van der Waals surface area contributed by atoms with Crippen LogP contribution in [0.3, 0.4) is 0 Å².